The van der Waals surface area contributed by atoms with Crippen LogP contribution in [0, 0.1) is 11.8 Å². The van der Waals surface area contributed by atoms with E-state index in [0.29, 0.717) is 12.7 Å². The van der Waals surface area contributed by atoms with E-state index in [0.717, 1.165) is 5.56 Å². The molecule has 0 saturated carbocycles. The number of aldehydes is 1. The molecular formula is C27H40N4O8. The van der Waals surface area contributed by atoms with Crippen LogP contribution in [0.1, 0.15) is 58.9 Å². The second-order valence-corrected chi connectivity index (χ2v) is 10.0. The SMILES string of the molecule is CC(C)C[C@@H](C=O)NC(=O)[C@H](CCC(=O)O)NC(=O)[C@H](CC(C)C)NC(=O)CNC(=O)OCc1ccccc1. The highest BCUT2D eigenvalue weighted by Crippen LogP contribution is 2.08. The van der Waals surface area contributed by atoms with Gasteiger partial charge in [-0.05, 0) is 36.7 Å². The van der Waals surface area contributed by atoms with Crippen molar-refractivity contribution in [2.45, 2.75) is 78.1 Å². The number of carbonyl (C=O) groups excluding carboxylic acids is 5. The van der Waals surface area contributed by atoms with Gasteiger partial charge in [0, 0.05) is 6.42 Å². The third-order valence-corrected chi connectivity index (χ3v) is 5.46. The fourth-order valence-corrected chi connectivity index (χ4v) is 3.62. The summed E-state index contributed by atoms with van der Waals surface area (Å²) in [6.45, 7) is 7.00. The van der Waals surface area contributed by atoms with Crippen LogP contribution in [0.2, 0.25) is 0 Å². The third-order valence-electron chi connectivity index (χ3n) is 5.46. The van der Waals surface area contributed by atoms with Crippen LogP contribution in [-0.2, 0) is 35.3 Å². The first-order chi connectivity index (χ1) is 18.4. The lowest BCUT2D eigenvalue weighted by molar-refractivity contribution is -0.138. The van der Waals surface area contributed by atoms with Crippen LogP contribution in [0.5, 0.6) is 0 Å². The van der Waals surface area contributed by atoms with Gasteiger partial charge in [-0.15, -0.1) is 0 Å². The normalized spacial score (nSPS) is 13.1. The molecule has 0 bridgehead atoms. The Balaban J connectivity index is 2.78. The number of alkyl carbamates (subject to hydrolysis) is 1. The van der Waals surface area contributed by atoms with E-state index >= 15 is 0 Å². The Kier molecular flexibility index (Phi) is 14.9. The first-order valence-electron chi connectivity index (χ1n) is 12.9. The summed E-state index contributed by atoms with van der Waals surface area (Å²) < 4.78 is 5.06. The van der Waals surface area contributed by atoms with Crippen molar-refractivity contribution >= 4 is 36.1 Å². The Morgan fingerprint density at radius 3 is 2.05 bits per heavy atom. The van der Waals surface area contributed by atoms with Crippen LogP contribution in [0.15, 0.2) is 30.3 Å². The molecule has 1 rings (SSSR count). The van der Waals surface area contributed by atoms with Gasteiger partial charge in [-0.1, -0.05) is 58.0 Å². The zero-order valence-electron chi connectivity index (χ0n) is 22.9. The Bertz CT molecular complexity index is 968. The molecule has 0 saturated heterocycles. The van der Waals surface area contributed by atoms with Gasteiger partial charge in [0.15, 0.2) is 0 Å². The second-order valence-electron chi connectivity index (χ2n) is 10.0. The van der Waals surface area contributed by atoms with Gasteiger partial charge in [-0.2, -0.15) is 0 Å². The van der Waals surface area contributed by atoms with Crippen molar-refractivity contribution in [1.29, 1.82) is 0 Å². The van der Waals surface area contributed by atoms with Gasteiger partial charge in [-0.25, -0.2) is 4.79 Å². The minimum Gasteiger partial charge on any atom is -0.481 e. The molecule has 0 fully saturated rings. The molecule has 0 heterocycles. The minimum absolute atomic E-state index is 0.0224. The predicted molar refractivity (Wildman–Crippen MR) is 142 cm³/mol. The summed E-state index contributed by atoms with van der Waals surface area (Å²) in [5.41, 5.74) is 0.774. The zero-order valence-corrected chi connectivity index (χ0v) is 22.9. The maximum absolute atomic E-state index is 13.1. The molecule has 1 aromatic rings. The Morgan fingerprint density at radius 1 is 0.872 bits per heavy atom. The maximum Gasteiger partial charge on any atom is 0.407 e. The van der Waals surface area contributed by atoms with Gasteiger partial charge in [-0.3, -0.25) is 19.2 Å². The number of carbonyl (C=O) groups is 6. The molecule has 3 atom stereocenters. The fraction of sp³-hybridized carbons (Fsp3) is 0.556. The molecule has 4 amide bonds. The predicted octanol–water partition coefficient (Wildman–Crippen LogP) is 1.52. The van der Waals surface area contributed by atoms with E-state index in [-0.39, 0.29) is 31.3 Å². The monoisotopic (exact) mass is 548 g/mol. The van der Waals surface area contributed by atoms with Crippen molar-refractivity contribution in [3.63, 3.8) is 0 Å². The van der Waals surface area contributed by atoms with Crippen LogP contribution in [-0.4, -0.2) is 65.8 Å². The second kappa shape index (κ2) is 17.5. The van der Waals surface area contributed by atoms with E-state index in [4.69, 9.17) is 9.84 Å². The highest BCUT2D eigenvalue weighted by Gasteiger charge is 2.29. The van der Waals surface area contributed by atoms with E-state index in [9.17, 15) is 28.8 Å². The lowest BCUT2D eigenvalue weighted by Gasteiger charge is -2.25. The van der Waals surface area contributed by atoms with Crippen LogP contribution in [0.4, 0.5) is 4.79 Å². The number of benzene rings is 1. The lowest BCUT2D eigenvalue weighted by Crippen LogP contribution is -2.56. The van der Waals surface area contributed by atoms with Gasteiger partial charge in [0.2, 0.25) is 17.7 Å². The smallest absolute Gasteiger partial charge is 0.407 e. The number of aliphatic carboxylic acids is 1. The Morgan fingerprint density at radius 2 is 1.49 bits per heavy atom. The molecule has 0 unspecified atom stereocenters. The van der Waals surface area contributed by atoms with Crippen LogP contribution in [0.3, 0.4) is 0 Å². The van der Waals surface area contributed by atoms with E-state index in [1.807, 2.05) is 33.8 Å². The van der Waals surface area contributed by atoms with Gasteiger partial charge < -0.3 is 35.9 Å². The molecule has 216 valence electrons. The van der Waals surface area contributed by atoms with E-state index in [1.54, 1.807) is 24.3 Å². The van der Waals surface area contributed by atoms with Crippen molar-refractivity contribution in [2.24, 2.45) is 11.8 Å². The van der Waals surface area contributed by atoms with Gasteiger partial charge in [0.1, 0.15) is 31.5 Å². The van der Waals surface area contributed by atoms with Crippen molar-refractivity contribution in [1.82, 2.24) is 21.3 Å². The van der Waals surface area contributed by atoms with Crippen molar-refractivity contribution in [2.75, 3.05) is 6.54 Å². The molecule has 0 aliphatic carbocycles. The zero-order chi connectivity index (χ0) is 29.4. The standard InChI is InChI=1S/C27H40N4O8/c1-17(2)12-20(15-32)29-25(36)21(10-11-24(34)35)31-26(37)22(13-18(3)4)30-23(33)14-28-27(38)39-16-19-8-6-5-7-9-19/h5-9,15,17-18,20-22H,10-14,16H2,1-4H3,(H,28,38)(H,29,36)(H,30,33)(H,31,37)(H,34,35)/t20-,21-,22-/m0/s1. The van der Waals surface area contributed by atoms with Crippen LogP contribution < -0.4 is 21.3 Å². The van der Waals surface area contributed by atoms with Crippen molar-refractivity contribution in [3.8, 4) is 0 Å². The molecule has 0 aliphatic heterocycles. The Hall–Kier alpha value is -3.96. The van der Waals surface area contributed by atoms with Gasteiger partial charge >= 0.3 is 12.1 Å². The lowest BCUT2D eigenvalue weighted by atomic mass is 10.0. The molecule has 1 aromatic carbocycles. The molecular weight excluding hydrogens is 508 g/mol. The number of nitrogens with one attached hydrogen (secondary N) is 4. The highest BCUT2D eigenvalue weighted by atomic mass is 16.5. The Labute approximate surface area is 228 Å². The van der Waals surface area contributed by atoms with Crippen LogP contribution in [0.25, 0.3) is 0 Å². The molecule has 12 heteroatoms. The molecule has 0 aliphatic rings. The average molecular weight is 549 g/mol. The summed E-state index contributed by atoms with van der Waals surface area (Å²) in [4.78, 5) is 72.8. The molecule has 0 aromatic heterocycles. The number of carboxylic acids is 1. The minimum atomic E-state index is -1.24. The summed E-state index contributed by atoms with van der Waals surface area (Å²) >= 11 is 0. The van der Waals surface area contributed by atoms with E-state index < -0.39 is 60.9 Å². The third kappa shape index (κ3) is 14.5. The molecule has 0 spiro atoms. The van der Waals surface area contributed by atoms with Crippen molar-refractivity contribution in [3.05, 3.63) is 35.9 Å². The summed E-state index contributed by atoms with van der Waals surface area (Å²) in [6, 6.07) is 5.90. The molecule has 0 radical (unpaired) electrons. The number of rotatable bonds is 17. The summed E-state index contributed by atoms with van der Waals surface area (Å²) in [6.07, 6.45) is -0.236. The topological polar surface area (TPSA) is 180 Å². The largest absolute Gasteiger partial charge is 0.481 e. The average Bonchev–Trinajstić information content (AvgIpc) is 2.87. The summed E-state index contributed by atoms with van der Waals surface area (Å²) in [7, 11) is 0. The summed E-state index contributed by atoms with van der Waals surface area (Å²) in [5.74, 6) is -3.12. The molecule has 39 heavy (non-hydrogen) atoms. The highest BCUT2D eigenvalue weighted by molar-refractivity contribution is 5.93. The summed E-state index contributed by atoms with van der Waals surface area (Å²) in [5, 5.41) is 19.0. The first kappa shape index (κ1) is 33.1. The fourth-order valence-electron chi connectivity index (χ4n) is 3.62. The van der Waals surface area contributed by atoms with Crippen LogP contribution >= 0.6 is 0 Å². The van der Waals surface area contributed by atoms with Gasteiger partial charge in [0.25, 0.3) is 0 Å². The molecule has 12 nitrogen and oxygen atoms in total. The number of carboxylic acid groups (broad SMARTS) is 1. The number of amides is 4. The maximum atomic E-state index is 13.1. The van der Waals surface area contributed by atoms with E-state index in [1.165, 1.54) is 0 Å². The van der Waals surface area contributed by atoms with Crippen molar-refractivity contribution < 1.29 is 38.6 Å². The van der Waals surface area contributed by atoms with E-state index in [2.05, 4.69) is 21.3 Å². The molecule has 5 N–H and O–H groups in total. The first-order valence-corrected chi connectivity index (χ1v) is 12.9. The number of hydrogen-bond donors (Lipinski definition) is 5. The van der Waals surface area contributed by atoms with Gasteiger partial charge in [0.05, 0.1) is 6.04 Å². The quantitative estimate of drug-likeness (QED) is 0.182. The number of hydrogen-bond acceptors (Lipinski definition) is 7. The number of ether oxygens (including phenoxy) is 1.